The van der Waals surface area contributed by atoms with Crippen molar-refractivity contribution in [2.75, 3.05) is 26.2 Å². The van der Waals surface area contributed by atoms with Crippen LogP contribution >= 0.6 is 0 Å². The highest BCUT2D eigenvalue weighted by molar-refractivity contribution is 4.79. The summed E-state index contributed by atoms with van der Waals surface area (Å²) in [7, 11) is 0. The molecule has 0 aromatic carbocycles. The topological polar surface area (TPSA) is 38.5 Å². The number of ether oxygens (including phenoxy) is 1. The van der Waals surface area contributed by atoms with Gasteiger partial charge >= 0.3 is 0 Å². The standard InChI is InChI=1S/C14H30N2O/c1-4-9-17-13-7-6-8-16(10-13)11-14(15)12(3)5-2/h12-14H,4-11,15H2,1-3H3. The van der Waals surface area contributed by atoms with Crippen molar-refractivity contribution in [3.8, 4) is 0 Å². The van der Waals surface area contributed by atoms with Gasteiger partial charge in [-0.2, -0.15) is 0 Å². The molecule has 1 aliphatic heterocycles. The van der Waals surface area contributed by atoms with E-state index < -0.39 is 0 Å². The van der Waals surface area contributed by atoms with E-state index in [0.29, 0.717) is 18.1 Å². The number of nitrogens with zero attached hydrogens (tertiary/aromatic N) is 1. The third-order valence-corrected chi connectivity index (χ3v) is 3.86. The molecule has 17 heavy (non-hydrogen) atoms. The number of piperidine rings is 1. The average molecular weight is 242 g/mol. The first-order valence-corrected chi connectivity index (χ1v) is 7.26. The highest BCUT2D eigenvalue weighted by Crippen LogP contribution is 2.15. The summed E-state index contributed by atoms with van der Waals surface area (Å²) in [5, 5.41) is 0. The second-order valence-corrected chi connectivity index (χ2v) is 5.44. The van der Waals surface area contributed by atoms with Crippen LogP contribution in [0.15, 0.2) is 0 Å². The fourth-order valence-corrected chi connectivity index (χ4v) is 2.38. The van der Waals surface area contributed by atoms with Crippen LogP contribution in [-0.2, 0) is 4.74 Å². The fraction of sp³-hybridized carbons (Fsp3) is 1.00. The van der Waals surface area contributed by atoms with Gasteiger partial charge in [-0.25, -0.2) is 0 Å². The Labute approximate surface area is 107 Å². The van der Waals surface area contributed by atoms with Crippen LogP contribution in [0.1, 0.15) is 46.5 Å². The van der Waals surface area contributed by atoms with Gasteiger partial charge in [0.25, 0.3) is 0 Å². The molecule has 102 valence electrons. The molecule has 0 aromatic heterocycles. The Bertz CT molecular complexity index is 199. The van der Waals surface area contributed by atoms with E-state index in [4.69, 9.17) is 10.5 Å². The van der Waals surface area contributed by atoms with E-state index >= 15 is 0 Å². The minimum Gasteiger partial charge on any atom is -0.377 e. The molecule has 1 aliphatic rings. The van der Waals surface area contributed by atoms with Gasteiger partial charge in [-0.1, -0.05) is 27.2 Å². The molecule has 0 radical (unpaired) electrons. The Hall–Kier alpha value is -0.120. The van der Waals surface area contributed by atoms with Gasteiger partial charge in [-0.05, 0) is 31.7 Å². The molecule has 1 rings (SSSR count). The minimum absolute atomic E-state index is 0.310. The summed E-state index contributed by atoms with van der Waals surface area (Å²) in [6, 6.07) is 0.310. The van der Waals surface area contributed by atoms with Crippen molar-refractivity contribution < 1.29 is 4.74 Å². The molecule has 0 spiro atoms. The third kappa shape index (κ3) is 5.36. The Morgan fingerprint density at radius 3 is 2.82 bits per heavy atom. The van der Waals surface area contributed by atoms with Crippen molar-refractivity contribution in [3.63, 3.8) is 0 Å². The van der Waals surface area contributed by atoms with E-state index in [1.54, 1.807) is 0 Å². The molecule has 3 atom stereocenters. The first-order valence-electron chi connectivity index (χ1n) is 7.26. The lowest BCUT2D eigenvalue weighted by Gasteiger charge is -2.35. The van der Waals surface area contributed by atoms with Gasteiger partial charge in [-0.3, -0.25) is 4.90 Å². The van der Waals surface area contributed by atoms with Crippen LogP contribution in [0, 0.1) is 5.92 Å². The monoisotopic (exact) mass is 242 g/mol. The molecular weight excluding hydrogens is 212 g/mol. The molecule has 2 N–H and O–H groups in total. The molecule has 0 saturated carbocycles. The predicted octanol–water partition coefficient (Wildman–Crippen LogP) is 2.25. The maximum atomic E-state index is 6.22. The Kier molecular flexibility index (Phi) is 7.09. The zero-order chi connectivity index (χ0) is 12.7. The summed E-state index contributed by atoms with van der Waals surface area (Å²) in [5.74, 6) is 0.618. The van der Waals surface area contributed by atoms with E-state index in [1.807, 2.05) is 0 Å². The molecule has 1 saturated heterocycles. The highest BCUT2D eigenvalue weighted by atomic mass is 16.5. The van der Waals surface area contributed by atoms with Gasteiger partial charge in [0.2, 0.25) is 0 Å². The van der Waals surface area contributed by atoms with E-state index in [2.05, 4.69) is 25.7 Å². The van der Waals surface area contributed by atoms with Crippen molar-refractivity contribution in [3.05, 3.63) is 0 Å². The normalized spacial score (nSPS) is 25.8. The van der Waals surface area contributed by atoms with Crippen LogP contribution in [0.25, 0.3) is 0 Å². The second kappa shape index (κ2) is 8.06. The SMILES string of the molecule is CCCOC1CCCN(CC(N)C(C)CC)C1. The van der Waals surface area contributed by atoms with E-state index in [1.165, 1.54) is 25.8 Å². The van der Waals surface area contributed by atoms with E-state index in [9.17, 15) is 0 Å². The molecular formula is C14H30N2O. The van der Waals surface area contributed by atoms with Crippen molar-refractivity contribution in [2.24, 2.45) is 11.7 Å². The van der Waals surface area contributed by atoms with Gasteiger partial charge in [0.05, 0.1) is 6.10 Å². The third-order valence-electron chi connectivity index (χ3n) is 3.86. The van der Waals surface area contributed by atoms with Crippen LogP contribution in [0.3, 0.4) is 0 Å². The second-order valence-electron chi connectivity index (χ2n) is 5.44. The maximum absolute atomic E-state index is 6.22. The number of hydrogen-bond acceptors (Lipinski definition) is 3. The average Bonchev–Trinajstić information content (AvgIpc) is 2.35. The number of hydrogen-bond donors (Lipinski definition) is 1. The molecule has 0 aromatic rings. The molecule has 3 heteroatoms. The lowest BCUT2D eigenvalue weighted by Crippen LogP contribution is -2.47. The van der Waals surface area contributed by atoms with Crippen LogP contribution in [-0.4, -0.2) is 43.3 Å². The van der Waals surface area contributed by atoms with Crippen molar-refractivity contribution in [1.82, 2.24) is 4.90 Å². The Morgan fingerprint density at radius 2 is 2.18 bits per heavy atom. The van der Waals surface area contributed by atoms with Gasteiger partial charge in [0.15, 0.2) is 0 Å². The summed E-state index contributed by atoms with van der Waals surface area (Å²) in [4.78, 5) is 2.49. The predicted molar refractivity (Wildman–Crippen MR) is 73.1 cm³/mol. The number of nitrogens with two attached hydrogens (primary N) is 1. The molecule has 0 aliphatic carbocycles. The summed E-state index contributed by atoms with van der Waals surface area (Å²) in [6.07, 6.45) is 5.19. The number of rotatable bonds is 7. The molecule has 0 bridgehead atoms. The van der Waals surface area contributed by atoms with Crippen LogP contribution in [0.2, 0.25) is 0 Å². The summed E-state index contributed by atoms with van der Waals surface area (Å²) >= 11 is 0. The summed E-state index contributed by atoms with van der Waals surface area (Å²) in [5.41, 5.74) is 6.22. The zero-order valence-corrected chi connectivity index (χ0v) is 11.8. The molecule has 0 amide bonds. The van der Waals surface area contributed by atoms with Gasteiger partial charge < -0.3 is 10.5 Å². The van der Waals surface area contributed by atoms with E-state index in [0.717, 1.165) is 26.1 Å². The van der Waals surface area contributed by atoms with Crippen LogP contribution in [0.4, 0.5) is 0 Å². The quantitative estimate of drug-likeness (QED) is 0.744. The zero-order valence-electron chi connectivity index (χ0n) is 11.8. The maximum Gasteiger partial charge on any atom is 0.0702 e. The van der Waals surface area contributed by atoms with Crippen LogP contribution < -0.4 is 5.73 Å². The summed E-state index contributed by atoms with van der Waals surface area (Å²) in [6.45, 7) is 10.8. The van der Waals surface area contributed by atoms with Crippen molar-refractivity contribution >= 4 is 0 Å². The van der Waals surface area contributed by atoms with Crippen molar-refractivity contribution in [2.45, 2.75) is 58.6 Å². The van der Waals surface area contributed by atoms with Crippen molar-refractivity contribution in [1.29, 1.82) is 0 Å². The van der Waals surface area contributed by atoms with Gasteiger partial charge in [-0.15, -0.1) is 0 Å². The minimum atomic E-state index is 0.310. The largest absolute Gasteiger partial charge is 0.377 e. The van der Waals surface area contributed by atoms with Gasteiger partial charge in [0.1, 0.15) is 0 Å². The molecule has 1 fully saturated rings. The first kappa shape index (κ1) is 14.9. The number of likely N-dealkylation sites (tertiary alicyclic amines) is 1. The fourth-order valence-electron chi connectivity index (χ4n) is 2.38. The summed E-state index contributed by atoms with van der Waals surface area (Å²) < 4.78 is 5.85. The lowest BCUT2D eigenvalue weighted by molar-refractivity contribution is -0.00257. The highest BCUT2D eigenvalue weighted by Gasteiger charge is 2.22. The van der Waals surface area contributed by atoms with Gasteiger partial charge in [0, 0.05) is 25.7 Å². The van der Waals surface area contributed by atoms with Crippen LogP contribution in [0.5, 0.6) is 0 Å². The first-order chi connectivity index (χ1) is 8.17. The van der Waals surface area contributed by atoms with E-state index in [-0.39, 0.29) is 0 Å². The molecule has 3 nitrogen and oxygen atoms in total. The Balaban J connectivity index is 2.28. The molecule has 3 unspecified atom stereocenters. The Morgan fingerprint density at radius 1 is 1.41 bits per heavy atom. The lowest BCUT2D eigenvalue weighted by atomic mass is 9.98. The smallest absolute Gasteiger partial charge is 0.0702 e. The molecule has 1 heterocycles.